The van der Waals surface area contributed by atoms with Crippen LogP contribution in [0.25, 0.3) is 10.8 Å². The number of rotatable bonds is 2. The van der Waals surface area contributed by atoms with Crippen molar-refractivity contribution in [2.24, 2.45) is 0 Å². The molecule has 0 radical (unpaired) electrons. The van der Waals surface area contributed by atoms with Crippen molar-refractivity contribution >= 4 is 17.1 Å². The van der Waals surface area contributed by atoms with E-state index >= 15 is 0 Å². The minimum Gasteiger partial charge on any atom is -0.302 e. The molecule has 1 aliphatic carbocycles. The van der Waals surface area contributed by atoms with Gasteiger partial charge in [0.25, 0.3) is 0 Å². The third-order valence-corrected chi connectivity index (χ3v) is 4.29. The second-order valence-electron chi connectivity index (χ2n) is 5.55. The van der Waals surface area contributed by atoms with Crippen molar-refractivity contribution in [2.75, 3.05) is 0 Å². The molecule has 0 aromatic heterocycles. The Balaban J connectivity index is 2.13. The van der Waals surface area contributed by atoms with E-state index in [-0.39, 0.29) is 5.41 Å². The zero-order chi connectivity index (χ0) is 12.6. The van der Waals surface area contributed by atoms with Crippen molar-refractivity contribution in [1.82, 2.24) is 0 Å². The Morgan fingerprint density at radius 3 is 2.39 bits per heavy atom. The molecule has 0 spiro atoms. The molecule has 2 aromatic rings. The predicted octanol–water partition coefficient (Wildman–Crippen LogP) is 4.16. The Morgan fingerprint density at radius 1 is 1.00 bits per heavy atom. The van der Waals surface area contributed by atoms with Crippen LogP contribution in [0.5, 0.6) is 0 Å². The minimum absolute atomic E-state index is 0.209. The molecule has 1 saturated carbocycles. The summed E-state index contributed by atoms with van der Waals surface area (Å²) < 4.78 is 0. The minimum atomic E-state index is -0.209. The number of carbonyl (C=O) groups excluding carboxylic acids is 1. The maximum atomic E-state index is 11.5. The molecule has 1 nitrogen and oxygen atoms in total. The second-order valence-corrected chi connectivity index (χ2v) is 5.55. The van der Waals surface area contributed by atoms with Crippen molar-refractivity contribution < 1.29 is 4.79 Å². The van der Waals surface area contributed by atoms with E-state index in [1.54, 1.807) is 0 Å². The Bertz CT molecular complexity index is 592. The highest BCUT2D eigenvalue weighted by molar-refractivity contribution is 5.85. The summed E-state index contributed by atoms with van der Waals surface area (Å²) >= 11 is 0. The number of aryl methyl sites for hydroxylation is 1. The maximum Gasteiger partial charge on any atom is 0.130 e. The third-order valence-electron chi connectivity index (χ3n) is 4.29. The molecule has 3 rings (SSSR count). The molecular formula is C17H18O. The Kier molecular flexibility index (Phi) is 2.70. The summed E-state index contributed by atoms with van der Waals surface area (Å²) in [4.78, 5) is 11.5. The molecule has 1 heteroatoms. The summed E-state index contributed by atoms with van der Waals surface area (Å²) in [5.74, 6) is 0. The molecular weight excluding hydrogens is 220 g/mol. The van der Waals surface area contributed by atoms with Gasteiger partial charge in [-0.25, -0.2) is 0 Å². The highest BCUT2D eigenvalue weighted by atomic mass is 16.1. The van der Waals surface area contributed by atoms with Crippen molar-refractivity contribution in [3.63, 3.8) is 0 Å². The first-order valence-corrected chi connectivity index (χ1v) is 6.71. The van der Waals surface area contributed by atoms with E-state index in [0.717, 1.165) is 12.8 Å². The topological polar surface area (TPSA) is 17.1 Å². The van der Waals surface area contributed by atoms with Gasteiger partial charge in [0.1, 0.15) is 6.29 Å². The van der Waals surface area contributed by atoms with E-state index in [9.17, 15) is 4.79 Å². The van der Waals surface area contributed by atoms with E-state index in [4.69, 9.17) is 0 Å². The van der Waals surface area contributed by atoms with Crippen LogP contribution < -0.4 is 0 Å². The molecule has 0 heterocycles. The number of aldehydes is 1. The fourth-order valence-corrected chi connectivity index (χ4v) is 3.16. The van der Waals surface area contributed by atoms with Gasteiger partial charge in [-0.05, 0) is 36.1 Å². The number of carbonyl (C=O) groups is 1. The fourth-order valence-electron chi connectivity index (χ4n) is 3.16. The SMILES string of the molecule is Cc1ccc2cc(C3(C=O)CCCC3)ccc2c1. The van der Waals surface area contributed by atoms with Crippen LogP contribution in [0.1, 0.15) is 36.8 Å². The van der Waals surface area contributed by atoms with Crippen LogP contribution in [0.15, 0.2) is 36.4 Å². The summed E-state index contributed by atoms with van der Waals surface area (Å²) in [5.41, 5.74) is 2.27. The molecule has 1 fully saturated rings. The van der Waals surface area contributed by atoms with E-state index in [1.165, 1.54) is 41.0 Å². The lowest BCUT2D eigenvalue weighted by Gasteiger charge is -2.22. The first-order valence-electron chi connectivity index (χ1n) is 6.71. The molecule has 0 bridgehead atoms. The van der Waals surface area contributed by atoms with Crippen LogP contribution in [0, 0.1) is 6.92 Å². The second kappa shape index (κ2) is 4.24. The lowest BCUT2D eigenvalue weighted by Crippen LogP contribution is -2.23. The molecule has 0 amide bonds. The highest BCUT2D eigenvalue weighted by Crippen LogP contribution is 2.40. The van der Waals surface area contributed by atoms with E-state index in [0.29, 0.717) is 0 Å². The molecule has 0 unspecified atom stereocenters. The van der Waals surface area contributed by atoms with Gasteiger partial charge in [0.05, 0.1) is 5.41 Å². The van der Waals surface area contributed by atoms with Crippen LogP contribution in [0.2, 0.25) is 0 Å². The van der Waals surface area contributed by atoms with Gasteiger partial charge in [-0.2, -0.15) is 0 Å². The molecule has 0 saturated heterocycles. The smallest absolute Gasteiger partial charge is 0.130 e. The monoisotopic (exact) mass is 238 g/mol. The van der Waals surface area contributed by atoms with Gasteiger partial charge in [-0.3, -0.25) is 0 Å². The van der Waals surface area contributed by atoms with Crippen molar-refractivity contribution in [3.05, 3.63) is 47.5 Å². The van der Waals surface area contributed by atoms with Crippen molar-refractivity contribution in [1.29, 1.82) is 0 Å². The molecule has 92 valence electrons. The van der Waals surface area contributed by atoms with Gasteiger partial charge < -0.3 is 4.79 Å². The van der Waals surface area contributed by atoms with Gasteiger partial charge in [0.15, 0.2) is 0 Å². The predicted molar refractivity (Wildman–Crippen MR) is 74.9 cm³/mol. The molecule has 0 N–H and O–H groups in total. The van der Waals surface area contributed by atoms with Crippen LogP contribution in [0.3, 0.4) is 0 Å². The van der Waals surface area contributed by atoms with E-state index in [1.807, 2.05) is 0 Å². The van der Waals surface area contributed by atoms with E-state index < -0.39 is 0 Å². The van der Waals surface area contributed by atoms with Gasteiger partial charge >= 0.3 is 0 Å². The van der Waals surface area contributed by atoms with Crippen molar-refractivity contribution in [2.45, 2.75) is 38.0 Å². The van der Waals surface area contributed by atoms with Crippen LogP contribution in [-0.4, -0.2) is 6.29 Å². The Morgan fingerprint density at radius 2 is 1.67 bits per heavy atom. The summed E-state index contributed by atoms with van der Waals surface area (Å²) in [5, 5.41) is 2.50. The lowest BCUT2D eigenvalue weighted by atomic mass is 9.79. The summed E-state index contributed by atoms with van der Waals surface area (Å²) in [7, 11) is 0. The van der Waals surface area contributed by atoms with Crippen molar-refractivity contribution in [3.8, 4) is 0 Å². The van der Waals surface area contributed by atoms with Gasteiger partial charge in [-0.1, -0.05) is 54.8 Å². The summed E-state index contributed by atoms with van der Waals surface area (Å²) in [6.07, 6.45) is 5.53. The lowest BCUT2D eigenvalue weighted by molar-refractivity contribution is -0.112. The molecule has 18 heavy (non-hydrogen) atoms. The first kappa shape index (κ1) is 11.5. The van der Waals surface area contributed by atoms with Crippen LogP contribution in [0.4, 0.5) is 0 Å². The average Bonchev–Trinajstić information content (AvgIpc) is 2.88. The zero-order valence-corrected chi connectivity index (χ0v) is 10.8. The third kappa shape index (κ3) is 1.74. The Hall–Kier alpha value is -1.63. The quantitative estimate of drug-likeness (QED) is 0.718. The standard InChI is InChI=1S/C17H18O/c1-13-4-5-15-11-16(7-6-14(15)10-13)17(12-18)8-2-3-9-17/h4-7,10-12H,2-3,8-9H2,1H3. The Labute approximate surface area is 108 Å². The number of hydrogen-bond acceptors (Lipinski definition) is 1. The molecule has 0 aliphatic heterocycles. The zero-order valence-electron chi connectivity index (χ0n) is 10.8. The van der Waals surface area contributed by atoms with E-state index in [2.05, 4.69) is 43.3 Å². The normalized spacial score (nSPS) is 18.1. The number of benzene rings is 2. The molecule has 2 aromatic carbocycles. The highest BCUT2D eigenvalue weighted by Gasteiger charge is 2.35. The maximum absolute atomic E-state index is 11.5. The molecule has 0 atom stereocenters. The van der Waals surface area contributed by atoms with Gasteiger partial charge in [0, 0.05) is 0 Å². The summed E-state index contributed by atoms with van der Waals surface area (Å²) in [6, 6.07) is 13.0. The number of hydrogen-bond donors (Lipinski definition) is 0. The van der Waals surface area contributed by atoms with Gasteiger partial charge in [0.2, 0.25) is 0 Å². The van der Waals surface area contributed by atoms with Gasteiger partial charge in [-0.15, -0.1) is 0 Å². The molecule has 1 aliphatic rings. The summed E-state index contributed by atoms with van der Waals surface area (Å²) in [6.45, 7) is 2.11. The largest absolute Gasteiger partial charge is 0.302 e. The first-order chi connectivity index (χ1) is 8.73. The van der Waals surface area contributed by atoms with Crippen LogP contribution in [-0.2, 0) is 10.2 Å². The average molecular weight is 238 g/mol. The number of fused-ring (bicyclic) bond motifs is 1. The van der Waals surface area contributed by atoms with Crippen LogP contribution >= 0.6 is 0 Å². The fraction of sp³-hybridized carbons (Fsp3) is 0.353.